The Morgan fingerprint density at radius 2 is 2.14 bits per heavy atom. The van der Waals surface area contributed by atoms with E-state index in [1.54, 1.807) is 0 Å². The number of aromatic amines is 1. The number of nitrogens with one attached hydrogen (secondary N) is 1. The Morgan fingerprint density at radius 3 is 2.79 bits per heavy atom. The van der Waals surface area contributed by atoms with Gasteiger partial charge in [0, 0.05) is 6.07 Å². The Labute approximate surface area is 78.3 Å². The molecule has 5 nitrogen and oxygen atoms in total. The molecule has 7 heteroatoms. The van der Waals surface area contributed by atoms with E-state index in [1.807, 2.05) is 0 Å². The number of aromatic nitrogens is 2. The van der Waals surface area contributed by atoms with Crippen molar-refractivity contribution in [3.8, 4) is 0 Å². The summed E-state index contributed by atoms with van der Waals surface area (Å²) < 4.78 is 42.6. The van der Waals surface area contributed by atoms with Crippen LogP contribution in [-0.2, 0) is 10.1 Å². The van der Waals surface area contributed by atoms with Gasteiger partial charge >= 0.3 is 10.1 Å². The van der Waals surface area contributed by atoms with E-state index in [0.717, 1.165) is 12.1 Å². The molecule has 0 bridgehead atoms. The van der Waals surface area contributed by atoms with Crippen LogP contribution in [0.5, 0.6) is 0 Å². The van der Waals surface area contributed by atoms with Crippen LogP contribution in [0.1, 0.15) is 0 Å². The zero-order valence-corrected chi connectivity index (χ0v) is 7.55. The van der Waals surface area contributed by atoms with Crippen LogP contribution in [0.3, 0.4) is 0 Å². The third-order valence-electron chi connectivity index (χ3n) is 1.67. The molecule has 0 aliphatic rings. The molecule has 2 rings (SSSR count). The van der Waals surface area contributed by atoms with Crippen LogP contribution >= 0.6 is 0 Å². The molecule has 2 N–H and O–H groups in total. The van der Waals surface area contributed by atoms with Gasteiger partial charge in [0.05, 0.1) is 11.0 Å². The van der Waals surface area contributed by atoms with Crippen molar-refractivity contribution in [3.05, 3.63) is 24.0 Å². The van der Waals surface area contributed by atoms with Gasteiger partial charge in [0.15, 0.2) is 0 Å². The molecule has 0 aliphatic heterocycles. The third-order valence-corrected chi connectivity index (χ3v) is 2.35. The van der Waals surface area contributed by atoms with Crippen molar-refractivity contribution in [1.82, 2.24) is 9.97 Å². The molecule has 0 aliphatic carbocycles. The number of H-pyrrole nitrogens is 1. The summed E-state index contributed by atoms with van der Waals surface area (Å²) in [6, 6.07) is 3.57. The van der Waals surface area contributed by atoms with E-state index >= 15 is 0 Å². The first-order chi connectivity index (χ1) is 6.47. The van der Waals surface area contributed by atoms with E-state index in [1.165, 1.54) is 6.07 Å². The molecule has 74 valence electrons. The van der Waals surface area contributed by atoms with Crippen molar-refractivity contribution in [1.29, 1.82) is 0 Å². The van der Waals surface area contributed by atoms with Gasteiger partial charge in [0.1, 0.15) is 5.82 Å². The molecule has 0 saturated heterocycles. The van der Waals surface area contributed by atoms with E-state index in [4.69, 9.17) is 4.55 Å². The van der Waals surface area contributed by atoms with E-state index < -0.39 is 21.1 Å². The molecule has 2 aromatic rings. The second-order valence-corrected chi connectivity index (χ2v) is 4.02. The second-order valence-electron chi connectivity index (χ2n) is 2.68. The monoisotopic (exact) mass is 216 g/mol. The number of nitrogens with zero attached hydrogens (tertiary/aromatic N) is 1. The minimum Gasteiger partial charge on any atom is -0.327 e. The Balaban J connectivity index is 2.75. The quantitative estimate of drug-likeness (QED) is 0.695. The van der Waals surface area contributed by atoms with Gasteiger partial charge in [0.25, 0.3) is 5.16 Å². The van der Waals surface area contributed by atoms with Gasteiger partial charge in [0.2, 0.25) is 0 Å². The van der Waals surface area contributed by atoms with Gasteiger partial charge < -0.3 is 4.98 Å². The summed E-state index contributed by atoms with van der Waals surface area (Å²) in [5.74, 6) is -0.522. The molecule has 0 amide bonds. The molecular weight excluding hydrogens is 211 g/mol. The number of benzene rings is 1. The van der Waals surface area contributed by atoms with Crippen molar-refractivity contribution >= 4 is 21.2 Å². The van der Waals surface area contributed by atoms with Crippen LogP contribution in [0.2, 0.25) is 0 Å². The normalized spacial score (nSPS) is 12.1. The fraction of sp³-hybridized carbons (Fsp3) is 0. The zero-order chi connectivity index (χ0) is 10.3. The van der Waals surface area contributed by atoms with Gasteiger partial charge in [-0.05, 0) is 12.1 Å². The lowest BCUT2D eigenvalue weighted by molar-refractivity contribution is 0.476. The van der Waals surface area contributed by atoms with Crippen LogP contribution in [0.15, 0.2) is 23.4 Å². The number of fused-ring (bicyclic) bond motifs is 1. The maximum absolute atomic E-state index is 12.7. The summed E-state index contributed by atoms with van der Waals surface area (Å²) in [5.41, 5.74) is 0.497. The highest BCUT2D eigenvalue weighted by Gasteiger charge is 2.14. The summed E-state index contributed by atoms with van der Waals surface area (Å²) in [5, 5.41) is -0.585. The number of hydrogen-bond donors (Lipinski definition) is 2. The van der Waals surface area contributed by atoms with Crippen LogP contribution in [0.25, 0.3) is 11.0 Å². The van der Waals surface area contributed by atoms with Crippen LogP contribution in [-0.4, -0.2) is 22.9 Å². The molecule has 1 heterocycles. The van der Waals surface area contributed by atoms with E-state index in [2.05, 4.69) is 9.97 Å². The third kappa shape index (κ3) is 1.47. The molecule has 0 unspecified atom stereocenters. The Kier molecular flexibility index (Phi) is 1.79. The van der Waals surface area contributed by atoms with Crippen molar-refractivity contribution in [2.45, 2.75) is 5.16 Å². The molecule has 1 aromatic heterocycles. The number of rotatable bonds is 1. The topological polar surface area (TPSA) is 83.1 Å². The predicted molar refractivity (Wildman–Crippen MR) is 45.9 cm³/mol. The van der Waals surface area contributed by atoms with E-state index in [0.29, 0.717) is 5.52 Å². The van der Waals surface area contributed by atoms with Crippen molar-refractivity contribution < 1.29 is 17.4 Å². The SMILES string of the molecule is O=S(=O)(O)c1nc2cc(F)ccc2[nH]1. The number of halogens is 1. The summed E-state index contributed by atoms with van der Waals surface area (Å²) >= 11 is 0. The average molecular weight is 216 g/mol. The maximum Gasteiger partial charge on any atom is 0.328 e. The Hall–Kier alpha value is -1.47. The lowest BCUT2D eigenvalue weighted by atomic mass is 10.3. The highest BCUT2D eigenvalue weighted by atomic mass is 32.2. The first-order valence-electron chi connectivity index (χ1n) is 3.59. The maximum atomic E-state index is 12.7. The molecule has 0 atom stereocenters. The smallest absolute Gasteiger partial charge is 0.327 e. The largest absolute Gasteiger partial charge is 0.328 e. The summed E-state index contributed by atoms with van der Waals surface area (Å²) in [4.78, 5) is 5.86. The van der Waals surface area contributed by atoms with Gasteiger partial charge in [-0.25, -0.2) is 9.37 Å². The molecule has 0 spiro atoms. The summed E-state index contributed by atoms with van der Waals surface area (Å²) in [7, 11) is -4.37. The lowest BCUT2D eigenvalue weighted by Gasteiger charge is -1.86. The van der Waals surface area contributed by atoms with Crippen LogP contribution in [0.4, 0.5) is 4.39 Å². The van der Waals surface area contributed by atoms with Crippen molar-refractivity contribution in [2.24, 2.45) is 0 Å². The molecule has 1 aromatic carbocycles. The highest BCUT2D eigenvalue weighted by Crippen LogP contribution is 2.15. The molecule has 0 radical (unpaired) electrons. The first kappa shape index (κ1) is 9.10. The van der Waals surface area contributed by atoms with Gasteiger partial charge in [-0.1, -0.05) is 0 Å². The molecule has 0 fully saturated rings. The van der Waals surface area contributed by atoms with Gasteiger partial charge in [-0.3, -0.25) is 4.55 Å². The van der Waals surface area contributed by atoms with Crippen LogP contribution < -0.4 is 0 Å². The summed E-state index contributed by atoms with van der Waals surface area (Å²) in [6.45, 7) is 0. The first-order valence-corrected chi connectivity index (χ1v) is 5.03. The average Bonchev–Trinajstić information content (AvgIpc) is 2.45. The number of hydrogen-bond acceptors (Lipinski definition) is 3. The number of imidazole rings is 1. The predicted octanol–water partition coefficient (Wildman–Crippen LogP) is 0.949. The van der Waals surface area contributed by atoms with Gasteiger partial charge in [-0.15, -0.1) is 0 Å². The van der Waals surface area contributed by atoms with E-state index in [-0.39, 0.29) is 5.52 Å². The molecular formula is C7H5FN2O3S. The van der Waals surface area contributed by atoms with Crippen LogP contribution in [0, 0.1) is 5.82 Å². The van der Waals surface area contributed by atoms with Crippen molar-refractivity contribution in [3.63, 3.8) is 0 Å². The Bertz CT molecular complexity index is 590. The Morgan fingerprint density at radius 1 is 1.43 bits per heavy atom. The molecule has 14 heavy (non-hydrogen) atoms. The van der Waals surface area contributed by atoms with E-state index in [9.17, 15) is 12.8 Å². The zero-order valence-electron chi connectivity index (χ0n) is 6.73. The summed E-state index contributed by atoms with van der Waals surface area (Å²) in [6.07, 6.45) is 0. The minimum absolute atomic E-state index is 0.151. The lowest BCUT2D eigenvalue weighted by Crippen LogP contribution is -1.99. The standard InChI is InChI=1S/C7H5FN2O3S/c8-4-1-2-5-6(3-4)10-7(9-5)14(11,12)13/h1-3H,(H,9,10)(H,11,12,13). The fourth-order valence-electron chi connectivity index (χ4n) is 1.08. The highest BCUT2D eigenvalue weighted by molar-refractivity contribution is 7.85. The van der Waals surface area contributed by atoms with Gasteiger partial charge in [-0.2, -0.15) is 8.42 Å². The van der Waals surface area contributed by atoms with Crippen molar-refractivity contribution in [2.75, 3.05) is 0 Å². The second kappa shape index (κ2) is 2.76. The minimum atomic E-state index is -4.37. The molecule has 0 saturated carbocycles. The fourth-order valence-corrected chi connectivity index (χ4v) is 1.53.